The molecule has 1 saturated heterocycles. The minimum absolute atomic E-state index is 0.260. The fourth-order valence-corrected chi connectivity index (χ4v) is 2.82. The SMILES string of the molecule is NC(=O)[C@H]1CCCN1C(=O)Nc1cnn(Cc2ccccc2F)c1. The van der Waals surface area contributed by atoms with E-state index >= 15 is 0 Å². The number of anilines is 1. The number of hydrogen-bond acceptors (Lipinski definition) is 3. The molecule has 0 saturated carbocycles. The second-order valence-electron chi connectivity index (χ2n) is 5.70. The Kier molecular flexibility index (Phi) is 4.45. The lowest BCUT2D eigenvalue weighted by molar-refractivity contribution is -0.121. The van der Waals surface area contributed by atoms with E-state index in [1.807, 2.05) is 0 Å². The van der Waals surface area contributed by atoms with Crippen molar-refractivity contribution in [1.29, 1.82) is 0 Å². The summed E-state index contributed by atoms with van der Waals surface area (Å²) in [4.78, 5) is 25.0. The Bertz CT molecular complexity index is 760. The maximum Gasteiger partial charge on any atom is 0.322 e. The number of nitrogens with one attached hydrogen (secondary N) is 1. The Morgan fingerprint density at radius 1 is 1.38 bits per heavy atom. The third-order valence-corrected chi connectivity index (χ3v) is 4.02. The molecule has 3 rings (SSSR count). The van der Waals surface area contributed by atoms with Crippen molar-refractivity contribution in [2.75, 3.05) is 11.9 Å². The van der Waals surface area contributed by atoms with E-state index in [-0.39, 0.29) is 18.4 Å². The molecule has 24 heavy (non-hydrogen) atoms. The van der Waals surface area contributed by atoms with E-state index in [1.165, 1.54) is 21.8 Å². The quantitative estimate of drug-likeness (QED) is 0.890. The number of primary amides is 1. The summed E-state index contributed by atoms with van der Waals surface area (Å²) in [6, 6.07) is 5.48. The van der Waals surface area contributed by atoms with E-state index in [0.717, 1.165) is 6.42 Å². The number of benzene rings is 1. The zero-order chi connectivity index (χ0) is 17.1. The first kappa shape index (κ1) is 16.0. The van der Waals surface area contributed by atoms with E-state index in [1.54, 1.807) is 24.4 Å². The lowest BCUT2D eigenvalue weighted by Crippen LogP contribution is -2.45. The van der Waals surface area contributed by atoms with Gasteiger partial charge in [0.25, 0.3) is 0 Å². The van der Waals surface area contributed by atoms with Gasteiger partial charge in [-0.1, -0.05) is 18.2 Å². The molecular weight excluding hydrogens is 313 g/mol. The number of carbonyl (C=O) groups excluding carboxylic acids is 2. The molecule has 126 valence electrons. The summed E-state index contributed by atoms with van der Waals surface area (Å²) in [5, 5.41) is 6.80. The van der Waals surface area contributed by atoms with Crippen LogP contribution in [0.15, 0.2) is 36.7 Å². The molecule has 3 N–H and O–H groups in total. The van der Waals surface area contributed by atoms with Crippen LogP contribution in [-0.2, 0) is 11.3 Å². The van der Waals surface area contributed by atoms with E-state index in [9.17, 15) is 14.0 Å². The van der Waals surface area contributed by atoms with Crippen molar-refractivity contribution >= 4 is 17.6 Å². The van der Waals surface area contributed by atoms with E-state index < -0.39 is 11.9 Å². The van der Waals surface area contributed by atoms with E-state index in [4.69, 9.17) is 5.73 Å². The van der Waals surface area contributed by atoms with Crippen LogP contribution in [0.1, 0.15) is 18.4 Å². The molecule has 0 aliphatic carbocycles. The van der Waals surface area contributed by atoms with Crippen LogP contribution in [0.2, 0.25) is 0 Å². The monoisotopic (exact) mass is 331 g/mol. The molecule has 1 atom stereocenters. The van der Waals surface area contributed by atoms with Gasteiger partial charge in [0.1, 0.15) is 11.9 Å². The van der Waals surface area contributed by atoms with Crippen LogP contribution >= 0.6 is 0 Å². The average molecular weight is 331 g/mol. The van der Waals surface area contributed by atoms with E-state index in [2.05, 4.69) is 10.4 Å². The second kappa shape index (κ2) is 6.69. The van der Waals surface area contributed by atoms with Crippen molar-refractivity contribution < 1.29 is 14.0 Å². The normalized spacial score (nSPS) is 17.0. The molecule has 2 aromatic rings. The number of hydrogen-bond donors (Lipinski definition) is 2. The first-order valence-corrected chi connectivity index (χ1v) is 7.67. The lowest BCUT2D eigenvalue weighted by Gasteiger charge is -2.21. The highest BCUT2D eigenvalue weighted by molar-refractivity contribution is 5.93. The molecule has 8 heteroatoms. The number of nitrogens with zero attached hydrogens (tertiary/aromatic N) is 3. The standard InChI is InChI=1S/C16H18FN5O2/c17-13-5-2-1-4-11(13)9-21-10-12(8-19-21)20-16(24)22-7-3-6-14(22)15(18)23/h1-2,4-5,8,10,14H,3,6-7,9H2,(H2,18,23)(H,20,24)/t14-/m1/s1. The maximum absolute atomic E-state index is 13.7. The second-order valence-corrected chi connectivity index (χ2v) is 5.70. The van der Waals surface area contributed by atoms with Crippen LogP contribution < -0.4 is 11.1 Å². The smallest absolute Gasteiger partial charge is 0.322 e. The zero-order valence-electron chi connectivity index (χ0n) is 13.0. The highest BCUT2D eigenvalue weighted by Crippen LogP contribution is 2.19. The molecule has 7 nitrogen and oxygen atoms in total. The Balaban J connectivity index is 1.65. The van der Waals surface area contributed by atoms with Gasteiger partial charge in [0, 0.05) is 18.3 Å². The predicted molar refractivity (Wildman–Crippen MR) is 85.7 cm³/mol. The first-order chi connectivity index (χ1) is 11.5. The Morgan fingerprint density at radius 3 is 2.92 bits per heavy atom. The van der Waals surface area contributed by atoms with Crippen molar-refractivity contribution in [2.24, 2.45) is 5.73 Å². The molecular formula is C16H18FN5O2. The summed E-state index contributed by atoms with van der Waals surface area (Å²) >= 11 is 0. The number of amides is 3. The van der Waals surface area contributed by atoms with Crippen LogP contribution in [0, 0.1) is 5.82 Å². The minimum Gasteiger partial charge on any atom is -0.368 e. The highest BCUT2D eigenvalue weighted by atomic mass is 19.1. The molecule has 0 radical (unpaired) electrons. The molecule has 1 aliphatic heterocycles. The van der Waals surface area contributed by atoms with Crippen LogP contribution in [0.3, 0.4) is 0 Å². The van der Waals surface area contributed by atoms with Crippen molar-refractivity contribution in [3.8, 4) is 0 Å². The van der Waals surface area contributed by atoms with Gasteiger partial charge in [-0.05, 0) is 18.9 Å². The number of urea groups is 1. The summed E-state index contributed by atoms with van der Waals surface area (Å²) in [5.41, 5.74) is 6.30. The highest BCUT2D eigenvalue weighted by Gasteiger charge is 2.32. The van der Waals surface area contributed by atoms with Crippen molar-refractivity contribution in [2.45, 2.75) is 25.4 Å². The predicted octanol–water partition coefficient (Wildman–Crippen LogP) is 1.55. The molecule has 0 bridgehead atoms. The van der Waals surface area contributed by atoms with Gasteiger partial charge >= 0.3 is 6.03 Å². The summed E-state index contributed by atoms with van der Waals surface area (Å²) in [7, 11) is 0. The van der Waals surface area contributed by atoms with Crippen molar-refractivity contribution in [3.63, 3.8) is 0 Å². The van der Waals surface area contributed by atoms with Gasteiger partial charge in [-0.15, -0.1) is 0 Å². The summed E-state index contributed by atoms with van der Waals surface area (Å²) < 4.78 is 15.2. The summed E-state index contributed by atoms with van der Waals surface area (Å²) in [6.45, 7) is 0.749. The van der Waals surface area contributed by atoms with E-state index in [0.29, 0.717) is 24.2 Å². The van der Waals surface area contributed by atoms with Gasteiger partial charge in [0.15, 0.2) is 0 Å². The largest absolute Gasteiger partial charge is 0.368 e. The summed E-state index contributed by atoms with van der Waals surface area (Å²) in [5.74, 6) is -0.808. The lowest BCUT2D eigenvalue weighted by atomic mass is 10.2. The molecule has 0 unspecified atom stereocenters. The maximum atomic E-state index is 13.7. The van der Waals surface area contributed by atoms with Gasteiger partial charge in [0.2, 0.25) is 5.91 Å². The molecule has 1 aliphatic rings. The molecule has 0 spiro atoms. The number of nitrogens with two attached hydrogens (primary N) is 1. The zero-order valence-corrected chi connectivity index (χ0v) is 13.0. The Morgan fingerprint density at radius 2 is 2.17 bits per heavy atom. The van der Waals surface area contributed by atoms with Gasteiger partial charge in [-0.25, -0.2) is 9.18 Å². The number of likely N-dealkylation sites (tertiary alicyclic amines) is 1. The molecule has 1 aromatic heterocycles. The Labute approximate surface area is 138 Å². The Hall–Kier alpha value is -2.90. The molecule has 3 amide bonds. The number of halogens is 1. The van der Waals surface area contributed by atoms with Crippen molar-refractivity contribution in [3.05, 3.63) is 48.0 Å². The van der Waals surface area contributed by atoms with Crippen molar-refractivity contribution in [1.82, 2.24) is 14.7 Å². The number of carbonyl (C=O) groups is 2. The fourth-order valence-electron chi connectivity index (χ4n) is 2.82. The topological polar surface area (TPSA) is 93.2 Å². The van der Waals surface area contributed by atoms with Crippen LogP contribution in [-0.4, -0.2) is 39.2 Å². The average Bonchev–Trinajstić information content (AvgIpc) is 3.19. The van der Waals surface area contributed by atoms with Crippen LogP contribution in [0.4, 0.5) is 14.9 Å². The summed E-state index contributed by atoms with van der Waals surface area (Å²) in [6.07, 6.45) is 4.41. The van der Waals surface area contributed by atoms with Gasteiger partial charge in [-0.2, -0.15) is 5.10 Å². The van der Waals surface area contributed by atoms with Gasteiger partial charge in [-0.3, -0.25) is 9.48 Å². The minimum atomic E-state index is -0.571. The van der Waals surface area contributed by atoms with Crippen LogP contribution in [0.25, 0.3) is 0 Å². The van der Waals surface area contributed by atoms with Gasteiger partial charge in [0.05, 0.1) is 18.4 Å². The van der Waals surface area contributed by atoms with Crippen LogP contribution in [0.5, 0.6) is 0 Å². The molecule has 1 aromatic carbocycles. The number of rotatable bonds is 4. The number of aromatic nitrogens is 2. The molecule has 1 fully saturated rings. The molecule has 2 heterocycles. The fraction of sp³-hybridized carbons (Fsp3) is 0.312. The third kappa shape index (κ3) is 3.37. The third-order valence-electron chi connectivity index (χ3n) is 4.02. The first-order valence-electron chi connectivity index (χ1n) is 7.67. The van der Waals surface area contributed by atoms with Gasteiger partial charge < -0.3 is 16.0 Å².